The van der Waals surface area contributed by atoms with Crippen molar-refractivity contribution >= 4 is 11.7 Å². The smallest absolute Gasteiger partial charge is 0.306 e. The summed E-state index contributed by atoms with van der Waals surface area (Å²) in [7, 11) is 0. The number of carboxylic acids is 1. The predicted octanol–water partition coefficient (Wildman–Crippen LogP) is 2.28. The van der Waals surface area contributed by atoms with Gasteiger partial charge in [-0.1, -0.05) is 13.5 Å². The number of aliphatic carboxylic acids is 1. The average Bonchev–Trinajstić information content (AvgIpc) is 2.62. The quantitative estimate of drug-likeness (QED) is 0.699. The molecule has 0 aliphatic heterocycles. The second-order valence-electron chi connectivity index (χ2n) is 3.68. The number of rotatable bonds is 4. The van der Waals surface area contributed by atoms with E-state index in [-0.39, 0.29) is 12.0 Å². The van der Waals surface area contributed by atoms with Crippen LogP contribution in [0.4, 0.5) is 0 Å². The molecule has 1 rings (SSSR count). The van der Waals surface area contributed by atoms with Crippen molar-refractivity contribution in [3.63, 3.8) is 0 Å². The summed E-state index contributed by atoms with van der Waals surface area (Å²) in [6, 6.07) is 0.198. The summed E-state index contributed by atoms with van der Waals surface area (Å²) in [5.41, 5.74) is 0.987. The van der Waals surface area contributed by atoms with Gasteiger partial charge in [0.1, 0.15) is 0 Å². The zero-order chi connectivity index (χ0) is 10.6. The van der Waals surface area contributed by atoms with Gasteiger partial charge in [0, 0.05) is 5.71 Å². The summed E-state index contributed by atoms with van der Waals surface area (Å²) in [5, 5.41) is 8.81. The van der Waals surface area contributed by atoms with Crippen LogP contribution in [0.2, 0.25) is 0 Å². The van der Waals surface area contributed by atoms with Crippen molar-refractivity contribution < 1.29 is 9.90 Å². The summed E-state index contributed by atoms with van der Waals surface area (Å²) < 4.78 is 0. The maximum atomic E-state index is 10.7. The molecule has 1 N–H and O–H groups in total. The first-order valence-electron chi connectivity index (χ1n) is 5.09. The fraction of sp³-hybridized carbons (Fsp3) is 0.636. The highest BCUT2D eigenvalue weighted by atomic mass is 16.4. The van der Waals surface area contributed by atoms with Crippen molar-refractivity contribution in [3.8, 4) is 0 Å². The molecule has 1 aliphatic rings. The van der Waals surface area contributed by atoms with E-state index in [1.165, 1.54) is 0 Å². The van der Waals surface area contributed by atoms with Crippen molar-refractivity contribution in [3.05, 3.63) is 12.7 Å². The van der Waals surface area contributed by atoms with Crippen LogP contribution < -0.4 is 0 Å². The number of allylic oxidation sites excluding steroid dienone is 1. The van der Waals surface area contributed by atoms with Crippen LogP contribution in [-0.2, 0) is 4.79 Å². The van der Waals surface area contributed by atoms with Gasteiger partial charge in [-0.2, -0.15) is 0 Å². The number of hydrogen-bond donors (Lipinski definition) is 1. The van der Waals surface area contributed by atoms with Gasteiger partial charge in [0.15, 0.2) is 0 Å². The summed E-state index contributed by atoms with van der Waals surface area (Å²) in [5.74, 6) is -0.869. The number of nitrogens with zero attached hydrogens (tertiary/aromatic N) is 1. The Labute approximate surface area is 84.5 Å². The summed E-state index contributed by atoms with van der Waals surface area (Å²) in [6.45, 7) is 5.71. The fourth-order valence-corrected chi connectivity index (χ4v) is 1.82. The molecule has 3 heteroatoms. The molecule has 2 atom stereocenters. The Morgan fingerprint density at radius 2 is 2.36 bits per heavy atom. The Morgan fingerprint density at radius 3 is 2.79 bits per heavy atom. The second kappa shape index (κ2) is 4.94. The highest BCUT2D eigenvalue weighted by molar-refractivity contribution is 5.94. The molecular weight excluding hydrogens is 178 g/mol. The van der Waals surface area contributed by atoms with Gasteiger partial charge in [0.2, 0.25) is 0 Å². The minimum absolute atomic E-state index is 0.188. The zero-order valence-corrected chi connectivity index (χ0v) is 8.57. The van der Waals surface area contributed by atoms with E-state index >= 15 is 0 Å². The van der Waals surface area contributed by atoms with E-state index < -0.39 is 5.97 Å². The topological polar surface area (TPSA) is 49.7 Å². The van der Waals surface area contributed by atoms with Crippen LogP contribution in [0.5, 0.6) is 0 Å². The average molecular weight is 195 g/mol. The molecule has 0 aromatic carbocycles. The number of hydrogen-bond acceptors (Lipinski definition) is 2. The fourth-order valence-electron chi connectivity index (χ4n) is 1.82. The Kier molecular flexibility index (Phi) is 3.86. The Hall–Kier alpha value is -1.12. The molecule has 14 heavy (non-hydrogen) atoms. The van der Waals surface area contributed by atoms with E-state index in [4.69, 9.17) is 5.11 Å². The van der Waals surface area contributed by atoms with Gasteiger partial charge in [0.25, 0.3) is 0 Å². The summed E-state index contributed by atoms with van der Waals surface area (Å²) in [6.07, 6.45) is 4.98. The first kappa shape index (κ1) is 11.0. The van der Waals surface area contributed by atoms with E-state index in [2.05, 4.69) is 11.6 Å². The Morgan fingerprint density at radius 1 is 1.64 bits per heavy atom. The highest BCUT2D eigenvalue weighted by Crippen LogP contribution is 2.28. The normalized spacial score (nSPS) is 27.6. The van der Waals surface area contributed by atoms with Crippen molar-refractivity contribution in [1.29, 1.82) is 0 Å². The van der Waals surface area contributed by atoms with Crippen LogP contribution in [0.25, 0.3) is 0 Å². The molecule has 0 aromatic heterocycles. The first-order chi connectivity index (χ1) is 6.67. The monoisotopic (exact) mass is 195 g/mol. The molecule has 1 saturated carbocycles. The molecule has 78 valence electrons. The number of carbonyl (C=O) groups is 1. The number of carboxylic acid groups (broad SMARTS) is 1. The van der Waals surface area contributed by atoms with Crippen LogP contribution in [0.1, 0.15) is 32.6 Å². The number of aliphatic imine (C=N–C) groups is 1. The maximum Gasteiger partial charge on any atom is 0.306 e. The van der Waals surface area contributed by atoms with E-state index in [0.29, 0.717) is 6.42 Å². The zero-order valence-electron chi connectivity index (χ0n) is 8.57. The maximum absolute atomic E-state index is 10.7. The van der Waals surface area contributed by atoms with Crippen LogP contribution in [0.3, 0.4) is 0 Å². The van der Waals surface area contributed by atoms with Crippen LogP contribution in [0, 0.1) is 5.92 Å². The van der Waals surface area contributed by atoms with Gasteiger partial charge in [-0.05, 0) is 31.8 Å². The summed E-state index contributed by atoms with van der Waals surface area (Å²) >= 11 is 0. The minimum atomic E-state index is -0.681. The van der Waals surface area contributed by atoms with Crippen molar-refractivity contribution in [2.75, 3.05) is 0 Å². The Balaban J connectivity index is 2.53. The van der Waals surface area contributed by atoms with E-state index in [9.17, 15) is 4.79 Å². The van der Waals surface area contributed by atoms with Gasteiger partial charge >= 0.3 is 5.97 Å². The van der Waals surface area contributed by atoms with Crippen LogP contribution in [0.15, 0.2) is 17.6 Å². The van der Waals surface area contributed by atoms with Gasteiger partial charge < -0.3 is 5.11 Å². The lowest BCUT2D eigenvalue weighted by Gasteiger charge is -2.05. The predicted molar refractivity (Wildman–Crippen MR) is 56.7 cm³/mol. The van der Waals surface area contributed by atoms with Crippen LogP contribution in [-0.4, -0.2) is 22.8 Å². The largest absolute Gasteiger partial charge is 0.481 e. The molecular formula is C11H17NO2. The molecule has 0 saturated heterocycles. The highest BCUT2D eigenvalue weighted by Gasteiger charge is 2.29. The molecule has 3 nitrogen and oxygen atoms in total. The molecule has 0 heterocycles. The van der Waals surface area contributed by atoms with E-state index in [1.807, 2.05) is 6.92 Å². The molecule has 1 fully saturated rings. The molecule has 0 amide bonds. The third kappa shape index (κ3) is 2.69. The third-order valence-corrected chi connectivity index (χ3v) is 2.70. The molecule has 0 bridgehead atoms. The SMILES string of the molecule is C=CC(CC)=NC1CCC(C(=O)O)C1. The second-order valence-corrected chi connectivity index (χ2v) is 3.68. The molecule has 0 aromatic rings. The Bertz CT molecular complexity index is 258. The van der Waals surface area contributed by atoms with Crippen molar-refractivity contribution in [2.45, 2.75) is 38.6 Å². The molecule has 1 aliphatic carbocycles. The van der Waals surface area contributed by atoms with Crippen molar-refractivity contribution in [2.24, 2.45) is 10.9 Å². The van der Waals surface area contributed by atoms with Crippen molar-refractivity contribution in [1.82, 2.24) is 0 Å². The molecule has 0 spiro atoms. The van der Waals surface area contributed by atoms with Crippen LogP contribution >= 0.6 is 0 Å². The molecule has 0 radical (unpaired) electrons. The van der Waals surface area contributed by atoms with E-state index in [1.54, 1.807) is 6.08 Å². The third-order valence-electron chi connectivity index (χ3n) is 2.70. The standard InChI is InChI=1S/C11H17NO2/c1-3-9(4-2)12-10-6-5-8(7-10)11(13)14/h3,8,10H,1,4-7H2,2H3,(H,13,14). The lowest BCUT2D eigenvalue weighted by Crippen LogP contribution is -2.11. The lowest BCUT2D eigenvalue weighted by atomic mass is 10.1. The lowest BCUT2D eigenvalue weighted by molar-refractivity contribution is -0.141. The minimum Gasteiger partial charge on any atom is -0.481 e. The van der Waals surface area contributed by atoms with Gasteiger partial charge in [-0.15, -0.1) is 0 Å². The summed E-state index contributed by atoms with van der Waals surface area (Å²) in [4.78, 5) is 15.2. The van der Waals surface area contributed by atoms with Gasteiger partial charge in [-0.25, -0.2) is 0 Å². The van der Waals surface area contributed by atoms with Gasteiger partial charge in [0.05, 0.1) is 12.0 Å². The van der Waals surface area contributed by atoms with E-state index in [0.717, 1.165) is 25.0 Å². The first-order valence-corrected chi connectivity index (χ1v) is 5.09. The molecule has 2 unspecified atom stereocenters. The van der Waals surface area contributed by atoms with Gasteiger partial charge in [-0.3, -0.25) is 9.79 Å².